The number of aryl methyl sites for hydroxylation is 1. The molecular weight excluding hydrogens is 402 g/mol. The number of nitrogens with zero attached hydrogens (tertiary/aromatic N) is 2. The largest absolute Gasteiger partial charge is 0.324 e. The van der Waals surface area contributed by atoms with E-state index in [9.17, 15) is 23.3 Å². The van der Waals surface area contributed by atoms with Gasteiger partial charge in [-0.15, -0.1) is 11.8 Å². The van der Waals surface area contributed by atoms with E-state index >= 15 is 0 Å². The fraction of sp³-hybridized carbons (Fsp3) is 0.278. The molecule has 0 saturated heterocycles. The number of benzene rings is 2. The maximum Gasteiger partial charge on any atom is 0.271 e. The Hall–Kier alpha value is -2.59. The third-order valence-corrected chi connectivity index (χ3v) is 6.02. The Morgan fingerprint density at radius 1 is 1.25 bits per heavy atom. The fourth-order valence-electron chi connectivity index (χ4n) is 2.68. The molecule has 2 aromatic rings. The van der Waals surface area contributed by atoms with Crippen molar-refractivity contribution in [1.29, 1.82) is 0 Å². The van der Waals surface area contributed by atoms with E-state index < -0.39 is 26.9 Å². The second kappa shape index (κ2) is 8.61. The number of hydrogen-bond donors (Lipinski definition) is 1. The molecule has 2 rings (SSSR count). The molecule has 1 N–H and O–H groups in total. The van der Waals surface area contributed by atoms with Gasteiger partial charge in [0.1, 0.15) is 6.04 Å². The van der Waals surface area contributed by atoms with Crippen molar-refractivity contribution < 1.29 is 18.1 Å². The average Bonchev–Trinajstić information content (AvgIpc) is 2.62. The Labute approximate surface area is 168 Å². The van der Waals surface area contributed by atoms with E-state index in [0.29, 0.717) is 11.3 Å². The second-order valence-electron chi connectivity index (χ2n) is 6.18. The van der Waals surface area contributed by atoms with Gasteiger partial charge in [0.15, 0.2) is 0 Å². The Bertz CT molecular complexity index is 1010. The smallest absolute Gasteiger partial charge is 0.271 e. The molecule has 1 amide bonds. The zero-order chi connectivity index (χ0) is 21.1. The number of carbonyl (C=O) groups excluding carboxylic acids is 1. The highest BCUT2D eigenvalue weighted by molar-refractivity contribution is 7.98. The second-order valence-corrected chi connectivity index (χ2v) is 8.92. The lowest BCUT2D eigenvalue weighted by molar-refractivity contribution is -0.384. The quantitative estimate of drug-likeness (QED) is 0.415. The van der Waals surface area contributed by atoms with Crippen LogP contribution in [0.1, 0.15) is 12.5 Å². The van der Waals surface area contributed by atoms with Gasteiger partial charge in [-0.2, -0.15) is 0 Å². The highest BCUT2D eigenvalue weighted by atomic mass is 32.2. The number of anilines is 2. The van der Waals surface area contributed by atoms with E-state index in [2.05, 4.69) is 5.32 Å². The topological polar surface area (TPSA) is 110 Å². The monoisotopic (exact) mass is 423 g/mol. The van der Waals surface area contributed by atoms with Gasteiger partial charge in [-0.3, -0.25) is 19.2 Å². The Balaban J connectivity index is 2.42. The molecule has 28 heavy (non-hydrogen) atoms. The summed E-state index contributed by atoms with van der Waals surface area (Å²) in [6.07, 6.45) is 2.86. The first-order valence-corrected chi connectivity index (χ1v) is 11.3. The molecule has 1 atom stereocenters. The third kappa shape index (κ3) is 5.02. The first kappa shape index (κ1) is 21.7. The summed E-state index contributed by atoms with van der Waals surface area (Å²) in [5.74, 6) is -0.547. The van der Waals surface area contributed by atoms with Crippen LogP contribution in [0.3, 0.4) is 0 Å². The third-order valence-electron chi connectivity index (χ3n) is 4.07. The van der Waals surface area contributed by atoms with Crippen LogP contribution in [0.5, 0.6) is 0 Å². The van der Waals surface area contributed by atoms with E-state index in [1.165, 1.54) is 30.8 Å². The zero-order valence-corrected chi connectivity index (χ0v) is 17.5. The van der Waals surface area contributed by atoms with Gasteiger partial charge in [-0.1, -0.05) is 12.1 Å². The van der Waals surface area contributed by atoms with Gasteiger partial charge in [-0.25, -0.2) is 8.42 Å². The molecular formula is C18H21N3O5S2. The zero-order valence-electron chi connectivity index (χ0n) is 15.9. The Kier molecular flexibility index (Phi) is 6.68. The SMILES string of the molecule is CSc1cccc(NC(=O)[C@@H](C)N(c2cc([N+](=O)[O-])ccc2C)S(C)(=O)=O)c1. The molecule has 8 nitrogen and oxygen atoms in total. The summed E-state index contributed by atoms with van der Waals surface area (Å²) in [5, 5.41) is 13.8. The van der Waals surface area contributed by atoms with Crippen molar-refractivity contribution in [2.24, 2.45) is 0 Å². The van der Waals surface area contributed by atoms with Crippen LogP contribution in [-0.2, 0) is 14.8 Å². The molecule has 0 aliphatic rings. The van der Waals surface area contributed by atoms with Crippen molar-refractivity contribution in [3.05, 3.63) is 58.1 Å². The molecule has 0 fully saturated rings. The predicted molar refractivity (Wildman–Crippen MR) is 111 cm³/mol. The predicted octanol–water partition coefficient (Wildman–Crippen LogP) is 3.42. The number of nitro benzene ring substituents is 1. The average molecular weight is 424 g/mol. The minimum absolute atomic E-state index is 0.0946. The molecule has 0 spiro atoms. The van der Waals surface area contributed by atoms with Gasteiger partial charge in [0, 0.05) is 22.7 Å². The van der Waals surface area contributed by atoms with Crippen molar-refractivity contribution >= 4 is 44.8 Å². The highest BCUT2D eigenvalue weighted by Gasteiger charge is 2.31. The molecule has 0 heterocycles. The van der Waals surface area contributed by atoms with Crippen molar-refractivity contribution in [2.45, 2.75) is 24.8 Å². The number of non-ortho nitro benzene ring substituents is 1. The normalized spacial score (nSPS) is 12.3. The molecule has 0 aliphatic heterocycles. The molecule has 0 saturated carbocycles. The van der Waals surface area contributed by atoms with Gasteiger partial charge in [0.2, 0.25) is 15.9 Å². The van der Waals surface area contributed by atoms with Crippen LogP contribution in [0.15, 0.2) is 47.4 Å². The number of amides is 1. The lowest BCUT2D eigenvalue weighted by Gasteiger charge is -2.29. The lowest BCUT2D eigenvalue weighted by Crippen LogP contribution is -2.45. The van der Waals surface area contributed by atoms with E-state index in [1.807, 2.05) is 12.3 Å². The fourth-order valence-corrected chi connectivity index (χ4v) is 4.36. The maximum absolute atomic E-state index is 12.7. The number of thioether (sulfide) groups is 1. The van der Waals surface area contributed by atoms with E-state index in [1.54, 1.807) is 25.1 Å². The molecule has 0 bridgehead atoms. The van der Waals surface area contributed by atoms with Gasteiger partial charge in [-0.05, 0) is 43.9 Å². The number of carbonyl (C=O) groups is 1. The van der Waals surface area contributed by atoms with Gasteiger partial charge in [0.05, 0.1) is 16.9 Å². The molecule has 150 valence electrons. The Morgan fingerprint density at radius 2 is 1.93 bits per heavy atom. The summed E-state index contributed by atoms with van der Waals surface area (Å²) in [7, 11) is -3.89. The molecule has 10 heteroatoms. The van der Waals surface area contributed by atoms with Crippen LogP contribution in [0, 0.1) is 17.0 Å². The summed E-state index contributed by atoms with van der Waals surface area (Å²) in [5.41, 5.74) is 0.875. The van der Waals surface area contributed by atoms with Crippen LogP contribution in [0.25, 0.3) is 0 Å². The summed E-state index contributed by atoms with van der Waals surface area (Å²) in [6, 6.07) is 9.94. The Morgan fingerprint density at radius 3 is 2.50 bits per heavy atom. The standard InChI is InChI=1S/C18H21N3O5S2/c1-12-8-9-15(21(23)24)11-17(12)20(28(4,25)26)13(2)18(22)19-14-6-5-7-16(10-14)27-3/h5-11,13H,1-4H3,(H,19,22)/t13-/m1/s1. The minimum Gasteiger partial charge on any atom is -0.324 e. The first-order valence-electron chi connectivity index (χ1n) is 8.24. The van der Waals surface area contributed by atoms with Crippen LogP contribution in [-0.4, -0.2) is 37.8 Å². The van der Waals surface area contributed by atoms with E-state index in [0.717, 1.165) is 21.5 Å². The van der Waals surface area contributed by atoms with Crippen molar-refractivity contribution in [2.75, 3.05) is 22.1 Å². The highest BCUT2D eigenvalue weighted by Crippen LogP contribution is 2.29. The summed E-state index contributed by atoms with van der Waals surface area (Å²) in [4.78, 5) is 24.2. The summed E-state index contributed by atoms with van der Waals surface area (Å²) >= 11 is 1.51. The number of sulfonamides is 1. The molecule has 0 unspecified atom stereocenters. The lowest BCUT2D eigenvalue weighted by atomic mass is 10.1. The molecule has 0 radical (unpaired) electrons. The van der Waals surface area contributed by atoms with Crippen molar-refractivity contribution in [3.63, 3.8) is 0 Å². The molecule has 0 aromatic heterocycles. The van der Waals surface area contributed by atoms with E-state index in [4.69, 9.17) is 0 Å². The van der Waals surface area contributed by atoms with Crippen LogP contribution < -0.4 is 9.62 Å². The number of rotatable bonds is 7. The number of nitrogens with one attached hydrogen (secondary N) is 1. The van der Waals surface area contributed by atoms with Crippen LogP contribution in [0.2, 0.25) is 0 Å². The van der Waals surface area contributed by atoms with Crippen LogP contribution >= 0.6 is 11.8 Å². The summed E-state index contributed by atoms with van der Waals surface area (Å²) in [6.45, 7) is 3.07. The minimum atomic E-state index is -3.89. The van der Waals surface area contributed by atoms with Gasteiger partial charge < -0.3 is 5.32 Å². The number of hydrogen-bond acceptors (Lipinski definition) is 6. The maximum atomic E-state index is 12.7. The van der Waals surface area contributed by atoms with Gasteiger partial charge >= 0.3 is 0 Å². The van der Waals surface area contributed by atoms with E-state index in [-0.39, 0.29) is 11.4 Å². The molecule has 0 aliphatic carbocycles. The van der Waals surface area contributed by atoms with Crippen molar-refractivity contribution in [1.82, 2.24) is 0 Å². The summed E-state index contributed by atoms with van der Waals surface area (Å²) < 4.78 is 25.8. The first-order chi connectivity index (χ1) is 13.0. The number of nitro groups is 1. The van der Waals surface area contributed by atoms with Gasteiger partial charge in [0.25, 0.3) is 5.69 Å². The molecule has 2 aromatic carbocycles. The van der Waals surface area contributed by atoms with Crippen molar-refractivity contribution in [3.8, 4) is 0 Å². The van der Waals surface area contributed by atoms with Crippen LogP contribution in [0.4, 0.5) is 17.1 Å².